The third-order valence-electron chi connectivity index (χ3n) is 5.02. The van der Waals surface area contributed by atoms with Crippen LogP contribution in [0.25, 0.3) is 38.9 Å². The predicted octanol–water partition coefficient (Wildman–Crippen LogP) is 3.76. The number of rotatable bonds is 3. The number of fused-ring (bicyclic) bond motifs is 4. The van der Waals surface area contributed by atoms with Gasteiger partial charge in [-0.2, -0.15) is 9.78 Å². The van der Waals surface area contributed by atoms with Crippen molar-refractivity contribution in [2.75, 3.05) is 0 Å². The first-order valence-electron chi connectivity index (χ1n) is 9.61. The molecule has 8 nitrogen and oxygen atoms in total. The first kappa shape index (κ1) is 17.3. The average molecular weight is 406 g/mol. The molecule has 8 heteroatoms. The largest absolute Gasteiger partial charge is 0.463 e. The van der Waals surface area contributed by atoms with Crippen molar-refractivity contribution in [3.8, 4) is 5.69 Å². The van der Waals surface area contributed by atoms with E-state index in [-0.39, 0.29) is 5.56 Å². The Labute approximate surface area is 174 Å². The normalized spacial score (nSPS) is 11.9. The van der Waals surface area contributed by atoms with E-state index in [1.165, 1.54) is 15.6 Å². The maximum absolute atomic E-state index is 13.5. The molecule has 4 aromatic heterocycles. The molecule has 0 unspecified atom stereocenters. The zero-order chi connectivity index (χ0) is 20.8. The number of nitrogens with zero attached hydrogens (tertiary/aromatic N) is 6. The lowest BCUT2D eigenvalue weighted by Crippen LogP contribution is -2.18. The minimum Gasteiger partial charge on any atom is -0.463 e. The van der Waals surface area contributed by atoms with Gasteiger partial charge in [-0.25, -0.2) is 15.0 Å². The fourth-order valence-electron chi connectivity index (χ4n) is 3.58. The molecule has 0 amide bonds. The van der Waals surface area contributed by atoms with E-state index in [1.807, 2.05) is 54.6 Å². The molecule has 31 heavy (non-hydrogen) atoms. The Kier molecular flexibility index (Phi) is 3.76. The van der Waals surface area contributed by atoms with Gasteiger partial charge in [-0.05, 0) is 36.4 Å². The van der Waals surface area contributed by atoms with Gasteiger partial charge < -0.3 is 4.42 Å². The van der Waals surface area contributed by atoms with E-state index in [1.54, 1.807) is 24.6 Å². The topological polar surface area (TPSA) is 91.1 Å². The molecule has 0 fully saturated rings. The summed E-state index contributed by atoms with van der Waals surface area (Å²) < 4.78 is 8.37. The number of aromatic nitrogens is 5. The van der Waals surface area contributed by atoms with Crippen LogP contribution in [0.15, 0.2) is 93.6 Å². The maximum Gasteiger partial charge on any atom is 0.269 e. The highest BCUT2D eigenvalue weighted by Gasteiger charge is 2.20. The summed E-state index contributed by atoms with van der Waals surface area (Å²) in [5, 5.41) is 4.86. The SMILES string of the molecule is O=c1c2c3nc4ccccc4nc3n(N=Cc3ccco3)c2ncn1-c1ccccc1. The van der Waals surface area contributed by atoms with Crippen LogP contribution in [0.3, 0.4) is 0 Å². The first-order valence-corrected chi connectivity index (χ1v) is 9.61. The second-order valence-electron chi connectivity index (χ2n) is 6.91. The van der Waals surface area contributed by atoms with Crippen molar-refractivity contribution < 1.29 is 4.42 Å². The number of para-hydroxylation sites is 3. The molecule has 6 rings (SSSR count). The molecule has 0 bridgehead atoms. The van der Waals surface area contributed by atoms with Crippen LogP contribution in [0.4, 0.5) is 0 Å². The Morgan fingerprint density at radius 3 is 2.42 bits per heavy atom. The number of hydrogen-bond acceptors (Lipinski definition) is 6. The standard InChI is InChI=1S/C23H14N6O2/c30-23-19-20-22(27-18-11-5-4-10-17(18)26-20)29(25-13-16-9-6-12-31-16)21(19)24-14-28(23)15-7-2-1-3-8-15/h1-14H. The minimum atomic E-state index is -0.238. The quantitative estimate of drug-likeness (QED) is 0.417. The van der Waals surface area contributed by atoms with Crippen LogP contribution in [0, 0.1) is 0 Å². The maximum atomic E-state index is 13.5. The Hall–Kier alpha value is -4.59. The lowest BCUT2D eigenvalue weighted by molar-refractivity contribution is 0.559. The van der Waals surface area contributed by atoms with Gasteiger partial charge in [0.2, 0.25) is 0 Å². The molecule has 0 aliphatic heterocycles. The monoisotopic (exact) mass is 406 g/mol. The van der Waals surface area contributed by atoms with Crippen molar-refractivity contribution >= 4 is 39.4 Å². The Bertz CT molecular complexity index is 1650. The van der Waals surface area contributed by atoms with Gasteiger partial charge in [-0.1, -0.05) is 30.3 Å². The summed E-state index contributed by atoms with van der Waals surface area (Å²) in [6, 6.07) is 20.4. The molecule has 4 heterocycles. The van der Waals surface area contributed by atoms with E-state index in [9.17, 15) is 4.79 Å². The summed E-state index contributed by atoms with van der Waals surface area (Å²) in [5.74, 6) is 0.571. The smallest absolute Gasteiger partial charge is 0.269 e. The molecule has 0 saturated heterocycles. The summed E-state index contributed by atoms with van der Waals surface area (Å²) >= 11 is 0. The van der Waals surface area contributed by atoms with Gasteiger partial charge in [0, 0.05) is 0 Å². The summed E-state index contributed by atoms with van der Waals surface area (Å²) in [6.07, 6.45) is 4.62. The van der Waals surface area contributed by atoms with Crippen molar-refractivity contribution in [3.63, 3.8) is 0 Å². The molecule has 0 saturated carbocycles. The van der Waals surface area contributed by atoms with Crippen LogP contribution in [0.2, 0.25) is 0 Å². The van der Waals surface area contributed by atoms with Crippen molar-refractivity contribution in [2.24, 2.45) is 5.10 Å². The van der Waals surface area contributed by atoms with E-state index in [0.29, 0.717) is 39.0 Å². The molecule has 0 atom stereocenters. The summed E-state index contributed by atoms with van der Waals surface area (Å²) in [7, 11) is 0. The molecular formula is C23H14N6O2. The second-order valence-corrected chi connectivity index (χ2v) is 6.91. The molecule has 0 radical (unpaired) electrons. The van der Waals surface area contributed by atoms with Crippen molar-refractivity contribution in [3.05, 3.63) is 95.4 Å². The van der Waals surface area contributed by atoms with E-state index in [4.69, 9.17) is 14.4 Å². The van der Waals surface area contributed by atoms with E-state index in [0.717, 1.165) is 5.69 Å². The Balaban J connectivity index is 1.72. The van der Waals surface area contributed by atoms with Gasteiger partial charge in [-0.15, -0.1) is 0 Å². The molecule has 0 spiro atoms. The van der Waals surface area contributed by atoms with Crippen molar-refractivity contribution in [2.45, 2.75) is 0 Å². The van der Waals surface area contributed by atoms with Crippen LogP contribution >= 0.6 is 0 Å². The summed E-state index contributed by atoms with van der Waals surface area (Å²) in [6.45, 7) is 0. The predicted molar refractivity (Wildman–Crippen MR) is 118 cm³/mol. The lowest BCUT2D eigenvalue weighted by Gasteiger charge is -2.04. The van der Waals surface area contributed by atoms with Crippen molar-refractivity contribution in [1.29, 1.82) is 0 Å². The van der Waals surface area contributed by atoms with Gasteiger partial charge in [0.05, 0.1) is 29.2 Å². The zero-order valence-corrected chi connectivity index (χ0v) is 16.1. The van der Waals surface area contributed by atoms with E-state index in [2.05, 4.69) is 10.1 Å². The van der Waals surface area contributed by atoms with Crippen LogP contribution in [-0.4, -0.2) is 30.4 Å². The lowest BCUT2D eigenvalue weighted by atomic mass is 10.3. The number of benzene rings is 2. The van der Waals surface area contributed by atoms with Gasteiger partial charge in [0.1, 0.15) is 23.0 Å². The molecule has 2 aromatic carbocycles. The van der Waals surface area contributed by atoms with Gasteiger partial charge >= 0.3 is 0 Å². The zero-order valence-electron chi connectivity index (χ0n) is 16.1. The van der Waals surface area contributed by atoms with Gasteiger partial charge in [-0.3, -0.25) is 9.36 Å². The summed E-state index contributed by atoms with van der Waals surface area (Å²) in [5.41, 5.74) is 3.16. The molecule has 0 N–H and O–H groups in total. The molecule has 148 valence electrons. The van der Waals surface area contributed by atoms with Crippen molar-refractivity contribution in [1.82, 2.24) is 24.2 Å². The number of furan rings is 1. The van der Waals surface area contributed by atoms with Crippen LogP contribution in [0.5, 0.6) is 0 Å². The minimum absolute atomic E-state index is 0.238. The number of hydrogen-bond donors (Lipinski definition) is 0. The third-order valence-corrected chi connectivity index (χ3v) is 5.02. The van der Waals surface area contributed by atoms with E-state index < -0.39 is 0 Å². The average Bonchev–Trinajstić information content (AvgIpc) is 3.43. The second kappa shape index (κ2) is 6.74. The molecule has 0 aliphatic rings. The Morgan fingerprint density at radius 2 is 1.65 bits per heavy atom. The van der Waals surface area contributed by atoms with Gasteiger partial charge in [0.15, 0.2) is 11.3 Å². The molecule has 6 aromatic rings. The first-order chi connectivity index (χ1) is 15.3. The van der Waals surface area contributed by atoms with Crippen LogP contribution in [0.1, 0.15) is 5.76 Å². The fourth-order valence-corrected chi connectivity index (χ4v) is 3.58. The highest BCUT2D eigenvalue weighted by atomic mass is 16.3. The van der Waals surface area contributed by atoms with Crippen LogP contribution < -0.4 is 5.56 Å². The molecular weight excluding hydrogens is 392 g/mol. The summed E-state index contributed by atoms with van der Waals surface area (Å²) in [4.78, 5) is 27.5. The van der Waals surface area contributed by atoms with Crippen LogP contribution in [-0.2, 0) is 0 Å². The fraction of sp³-hybridized carbons (Fsp3) is 0. The highest BCUT2D eigenvalue weighted by Crippen LogP contribution is 2.25. The highest BCUT2D eigenvalue weighted by molar-refractivity contribution is 6.04. The van der Waals surface area contributed by atoms with Gasteiger partial charge in [0.25, 0.3) is 5.56 Å². The third kappa shape index (κ3) is 2.73. The molecule has 0 aliphatic carbocycles. The Morgan fingerprint density at radius 1 is 0.871 bits per heavy atom. The van der Waals surface area contributed by atoms with E-state index >= 15 is 0 Å².